The molecule has 21 heavy (non-hydrogen) atoms. The molecule has 2 fully saturated rings. The Hall–Kier alpha value is -1.02. The highest BCUT2D eigenvalue weighted by atomic mass is 15.2. The van der Waals surface area contributed by atoms with E-state index in [0.717, 1.165) is 24.5 Å². The molecular formula is C19H30N2. The zero-order valence-electron chi connectivity index (χ0n) is 13.9. The van der Waals surface area contributed by atoms with Crippen LogP contribution in [-0.4, -0.2) is 18.6 Å². The van der Waals surface area contributed by atoms with E-state index >= 15 is 0 Å². The van der Waals surface area contributed by atoms with Crippen LogP contribution < -0.4 is 10.2 Å². The average Bonchev–Trinajstić information content (AvgIpc) is 3.32. The van der Waals surface area contributed by atoms with Gasteiger partial charge in [0.2, 0.25) is 0 Å². The Balaban J connectivity index is 1.66. The Morgan fingerprint density at radius 2 is 1.95 bits per heavy atom. The number of nitrogens with one attached hydrogen (secondary N) is 1. The van der Waals surface area contributed by atoms with Crippen molar-refractivity contribution in [2.75, 3.05) is 11.4 Å². The van der Waals surface area contributed by atoms with Crippen LogP contribution in [0.2, 0.25) is 0 Å². The Morgan fingerprint density at radius 1 is 1.19 bits per heavy atom. The van der Waals surface area contributed by atoms with E-state index in [9.17, 15) is 0 Å². The zero-order chi connectivity index (χ0) is 14.8. The standard InChI is InChI=1S/C19H30N2/c1-14(2)10-11-21(18-7-8-18)19-9-4-16(12-15(19)3)13-20-17-5-6-17/h4,9,12,14,17-18,20H,5-8,10-11,13H2,1-3H3. The van der Waals surface area contributed by atoms with Crippen molar-refractivity contribution in [3.63, 3.8) is 0 Å². The van der Waals surface area contributed by atoms with Crippen LogP contribution in [0.1, 0.15) is 57.1 Å². The number of anilines is 1. The van der Waals surface area contributed by atoms with E-state index in [2.05, 4.69) is 49.2 Å². The molecule has 0 heterocycles. The van der Waals surface area contributed by atoms with Gasteiger partial charge in [0.1, 0.15) is 0 Å². The smallest absolute Gasteiger partial charge is 0.0398 e. The van der Waals surface area contributed by atoms with Crippen LogP contribution in [-0.2, 0) is 6.54 Å². The largest absolute Gasteiger partial charge is 0.368 e. The van der Waals surface area contributed by atoms with E-state index in [1.54, 1.807) is 0 Å². The van der Waals surface area contributed by atoms with Gasteiger partial charge in [0.25, 0.3) is 0 Å². The number of hydrogen-bond donors (Lipinski definition) is 1. The summed E-state index contributed by atoms with van der Waals surface area (Å²) in [5.74, 6) is 0.786. The second-order valence-corrected chi connectivity index (χ2v) is 7.38. The average molecular weight is 286 g/mol. The minimum atomic E-state index is 0.786. The van der Waals surface area contributed by atoms with Gasteiger partial charge in [0.05, 0.1) is 0 Å². The third-order valence-corrected chi connectivity index (χ3v) is 4.68. The maximum Gasteiger partial charge on any atom is 0.0398 e. The van der Waals surface area contributed by atoms with Gasteiger partial charge in [0, 0.05) is 30.9 Å². The van der Waals surface area contributed by atoms with Crippen molar-refractivity contribution in [1.82, 2.24) is 5.32 Å². The van der Waals surface area contributed by atoms with Crippen LogP contribution in [0.4, 0.5) is 5.69 Å². The Bertz CT molecular complexity index is 472. The fourth-order valence-corrected chi connectivity index (χ4v) is 2.98. The molecule has 0 bridgehead atoms. The summed E-state index contributed by atoms with van der Waals surface area (Å²) in [4.78, 5) is 2.66. The summed E-state index contributed by atoms with van der Waals surface area (Å²) < 4.78 is 0. The van der Waals surface area contributed by atoms with Crippen molar-refractivity contribution in [3.8, 4) is 0 Å². The van der Waals surface area contributed by atoms with Crippen molar-refractivity contribution in [1.29, 1.82) is 0 Å². The molecule has 2 aliphatic rings. The van der Waals surface area contributed by atoms with E-state index < -0.39 is 0 Å². The highest BCUT2D eigenvalue weighted by Crippen LogP contribution is 2.34. The molecule has 0 spiro atoms. The molecule has 0 amide bonds. The van der Waals surface area contributed by atoms with Gasteiger partial charge < -0.3 is 10.2 Å². The molecule has 2 saturated carbocycles. The summed E-state index contributed by atoms with van der Waals surface area (Å²) in [6.45, 7) is 9.17. The molecule has 1 N–H and O–H groups in total. The molecule has 0 atom stereocenters. The van der Waals surface area contributed by atoms with Gasteiger partial charge in [0.15, 0.2) is 0 Å². The molecule has 116 valence electrons. The number of aryl methyl sites for hydroxylation is 1. The van der Waals surface area contributed by atoms with Gasteiger partial charge >= 0.3 is 0 Å². The molecule has 0 radical (unpaired) electrons. The number of hydrogen-bond acceptors (Lipinski definition) is 2. The fraction of sp³-hybridized carbons (Fsp3) is 0.684. The van der Waals surface area contributed by atoms with E-state index in [4.69, 9.17) is 0 Å². The minimum absolute atomic E-state index is 0.786. The molecule has 0 unspecified atom stereocenters. The van der Waals surface area contributed by atoms with Crippen LogP contribution in [0.3, 0.4) is 0 Å². The number of rotatable bonds is 8. The molecule has 0 aromatic heterocycles. The van der Waals surface area contributed by atoms with Crippen LogP contribution in [0, 0.1) is 12.8 Å². The molecule has 1 aromatic carbocycles. The second-order valence-electron chi connectivity index (χ2n) is 7.38. The first-order valence-electron chi connectivity index (χ1n) is 8.73. The van der Waals surface area contributed by atoms with Gasteiger partial charge in [-0.2, -0.15) is 0 Å². The highest BCUT2D eigenvalue weighted by Gasteiger charge is 2.29. The summed E-state index contributed by atoms with van der Waals surface area (Å²) in [6.07, 6.45) is 6.77. The van der Waals surface area contributed by atoms with Crippen LogP contribution in [0.15, 0.2) is 18.2 Å². The third kappa shape index (κ3) is 4.23. The topological polar surface area (TPSA) is 15.3 Å². The molecule has 2 nitrogen and oxygen atoms in total. The van der Waals surface area contributed by atoms with Crippen LogP contribution in [0.5, 0.6) is 0 Å². The van der Waals surface area contributed by atoms with Gasteiger partial charge in [-0.1, -0.05) is 26.0 Å². The predicted molar refractivity (Wildman–Crippen MR) is 90.9 cm³/mol. The first-order chi connectivity index (χ1) is 10.1. The Morgan fingerprint density at radius 3 is 2.52 bits per heavy atom. The highest BCUT2D eigenvalue weighted by molar-refractivity contribution is 5.56. The first-order valence-corrected chi connectivity index (χ1v) is 8.73. The Kier molecular flexibility index (Phi) is 4.54. The SMILES string of the molecule is Cc1cc(CNC2CC2)ccc1N(CCC(C)C)C1CC1. The Labute approximate surface area is 129 Å². The fourth-order valence-electron chi connectivity index (χ4n) is 2.98. The quantitative estimate of drug-likeness (QED) is 0.768. The lowest BCUT2D eigenvalue weighted by atomic mass is 10.1. The van der Waals surface area contributed by atoms with E-state index in [-0.39, 0.29) is 0 Å². The third-order valence-electron chi connectivity index (χ3n) is 4.68. The maximum absolute atomic E-state index is 3.61. The summed E-state index contributed by atoms with van der Waals surface area (Å²) in [6, 6.07) is 8.66. The van der Waals surface area contributed by atoms with Gasteiger partial charge in [-0.25, -0.2) is 0 Å². The van der Waals surface area contributed by atoms with E-state index in [0.29, 0.717) is 0 Å². The molecule has 2 aliphatic carbocycles. The molecule has 2 heteroatoms. The van der Waals surface area contributed by atoms with Crippen molar-refractivity contribution in [2.24, 2.45) is 5.92 Å². The lowest BCUT2D eigenvalue weighted by molar-refractivity contribution is 0.570. The van der Waals surface area contributed by atoms with Crippen molar-refractivity contribution >= 4 is 5.69 Å². The lowest BCUT2D eigenvalue weighted by Gasteiger charge is -2.27. The predicted octanol–water partition coefficient (Wildman–Crippen LogP) is 4.26. The van der Waals surface area contributed by atoms with E-state index in [1.165, 1.54) is 55.5 Å². The zero-order valence-corrected chi connectivity index (χ0v) is 13.9. The number of nitrogens with zero attached hydrogens (tertiary/aromatic N) is 1. The maximum atomic E-state index is 3.61. The lowest BCUT2D eigenvalue weighted by Crippen LogP contribution is -2.28. The number of benzene rings is 1. The minimum Gasteiger partial charge on any atom is -0.368 e. The monoisotopic (exact) mass is 286 g/mol. The normalized spacial score (nSPS) is 18.3. The van der Waals surface area contributed by atoms with Crippen LogP contribution >= 0.6 is 0 Å². The summed E-state index contributed by atoms with van der Waals surface area (Å²) in [5.41, 5.74) is 4.34. The summed E-state index contributed by atoms with van der Waals surface area (Å²) in [5, 5.41) is 3.61. The van der Waals surface area contributed by atoms with Crippen LogP contribution in [0.25, 0.3) is 0 Å². The van der Waals surface area contributed by atoms with Gasteiger partial charge in [-0.15, -0.1) is 0 Å². The van der Waals surface area contributed by atoms with Crippen molar-refractivity contribution in [2.45, 2.75) is 71.5 Å². The van der Waals surface area contributed by atoms with Crippen molar-refractivity contribution < 1.29 is 0 Å². The second kappa shape index (κ2) is 6.39. The molecule has 0 saturated heterocycles. The molecular weight excluding hydrogens is 256 g/mol. The first kappa shape index (κ1) is 14.9. The molecule has 1 aromatic rings. The summed E-state index contributed by atoms with van der Waals surface area (Å²) in [7, 11) is 0. The van der Waals surface area contributed by atoms with Crippen molar-refractivity contribution in [3.05, 3.63) is 29.3 Å². The molecule has 3 rings (SSSR count). The van der Waals surface area contributed by atoms with Gasteiger partial charge in [-0.05, 0) is 62.1 Å². The molecule has 0 aliphatic heterocycles. The van der Waals surface area contributed by atoms with Gasteiger partial charge in [-0.3, -0.25) is 0 Å². The van der Waals surface area contributed by atoms with E-state index in [1.807, 2.05) is 0 Å². The summed E-state index contributed by atoms with van der Waals surface area (Å²) >= 11 is 0.